The fraction of sp³-hybridized carbons (Fsp3) is 0.409. The van der Waals surface area contributed by atoms with Crippen LogP contribution < -0.4 is 4.72 Å². The molecular formula is C22H28N2O3S. The van der Waals surface area contributed by atoms with Gasteiger partial charge in [0.2, 0.25) is 10.0 Å². The molecule has 0 aromatic heterocycles. The molecule has 28 heavy (non-hydrogen) atoms. The van der Waals surface area contributed by atoms with Crippen molar-refractivity contribution in [2.75, 3.05) is 19.6 Å². The van der Waals surface area contributed by atoms with E-state index in [1.54, 1.807) is 0 Å². The standard InChI is InChI=1S/C22H28N2O3S/c1-18-7-9-21(10-8-18)22(25)24-15-12-19(13-16-24)11-14-23-28(26,27)17-20-5-3-2-4-6-20/h2-10,19,23H,11-17H2,1H3. The Kier molecular flexibility index (Phi) is 6.86. The Morgan fingerprint density at radius 3 is 2.32 bits per heavy atom. The molecular weight excluding hydrogens is 372 g/mol. The Hall–Kier alpha value is -2.18. The number of sulfonamides is 1. The number of hydrogen-bond donors (Lipinski definition) is 1. The lowest BCUT2D eigenvalue weighted by molar-refractivity contribution is 0.0687. The van der Waals surface area contributed by atoms with Gasteiger partial charge in [0.05, 0.1) is 5.75 Å². The predicted octanol–water partition coefficient (Wildman–Crippen LogP) is 3.36. The summed E-state index contributed by atoms with van der Waals surface area (Å²) < 4.78 is 27.1. The number of amides is 1. The molecule has 0 atom stereocenters. The molecule has 3 rings (SSSR count). The number of rotatable bonds is 7. The summed E-state index contributed by atoms with van der Waals surface area (Å²) >= 11 is 0. The van der Waals surface area contributed by atoms with Gasteiger partial charge in [-0.2, -0.15) is 0 Å². The second-order valence-corrected chi connectivity index (χ2v) is 9.34. The summed E-state index contributed by atoms with van der Waals surface area (Å²) in [6.45, 7) is 3.92. The number of carbonyl (C=O) groups excluding carboxylic acids is 1. The van der Waals surface area contributed by atoms with Crippen LogP contribution in [0.2, 0.25) is 0 Å². The SMILES string of the molecule is Cc1ccc(C(=O)N2CCC(CCNS(=O)(=O)Cc3ccccc3)CC2)cc1. The molecule has 1 N–H and O–H groups in total. The van der Waals surface area contributed by atoms with Gasteiger partial charge in [0, 0.05) is 25.2 Å². The molecule has 2 aromatic carbocycles. The van der Waals surface area contributed by atoms with Crippen LogP contribution >= 0.6 is 0 Å². The molecule has 1 aliphatic rings. The number of nitrogens with one attached hydrogen (secondary N) is 1. The zero-order chi connectivity index (χ0) is 20.0. The summed E-state index contributed by atoms with van der Waals surface area (Å²) in [7, 11) is -3.31. The molecule has 0 bridgehead atoms. The van der Waals surface area contributed by atoms with Crippen molar-refractivity contribution >= 4 is 15.9 Å². The van der Waals surface area contributed by atoms with Crippen molar-refractivity contribution in [1.82, 2.24) is 9.62 Å². The first-order valence-corrected chi connectivity index (χ1v) is 11.5. The summed E-state index contributed by atoms with van der Waals surface area (Å²) in [5, 5.41) is 0. The van der Waals surface area contributed by atoms with Crippen molar-refractivity contribution < 1.29 is 13.2 Å². The molecule has 0 unspecified atom stereocenters. The zero-order valence-corrected chi connectivity index (χ0v) is 17.1. The van der Waals surface area contributed by atoms with Crippen molar-refractivity contribution in [3.05, 3.63) is 71.3 Å². The number of carbonyl (C=O) groups is 1. The number of aryl methyl sites for hydroxylation is 1. The average molecular weight is 401 g/mol. The van der Waals surface area contributed by atoms with Gasteiger partial charge >= 0.3 is 0 Å². The van der Waals surface area contributed by atoms with Crippen LogP contribution in [0, 0.1) is 12.8 Å². The maximum absolute atomic E-state index is 12.6. The van der Waals surface area contributed by atoms with Crippen LogP contribution in [-0.4, -0.2) is 38.9 Å². The highest BCUT2D eigenvalue weighted by Gasteiger charge is 2.23. The van der Waals surface area contributed by atoms with E-state index in [9.17, 15) is 13.2 Å². The number of nitrogens with zero attached hydrogens (tertiary/aromatic N) is 1. The first-order valence-electron chi connectivity index (χ1n) is 9.80. The van der Waals surface area contributed by atoms with Crippen molar-refractivity contribution in [2.24, 2.45) is 5.92 Å². The molecule has 0 spiro atoms. The van der Waals surface area contributed by atoms with Crippen molar-refractivity contribution in [3.63, 3.8) is 0 Å². The monoisotopic (exact) mass is 400 g/mol. The lowest BCUT2D eigenvalue weighted by atomic mass is 9.93. The van der Waals surface area contributed by atoms with Crippen LogP contribution in [0.25, 0.3) is 0 Å². The first kappa shape index (κ1) is 20.6. The van der Waals surface area contributed by atoms with Crippen LogP contribution in [0.3, 0.4) is 0 Å². The number of hydrogen-bond acceptors (Lipinski definition) is 3. The predicted molar refractivity (Wildman–Crippen MR) is 111 cm³/mol. The lowest BCUT2D eigenvalue weighted by Crippen LogP contribution is -2.39. The second kappa shape index (κ2) is 9.34. The summed E-state index contributed by atoms with van der Waals surface area (Å²) in [4.78, 5) is 14.5. The molecule has 1 saturated heterocycles. The van der Waals surface area contributed by atoms with E-state index in [0.29, 0.717) is 12.5 Å². The minimum absolute atomic E-state index is 0.0112. The largest absolute Gasteiger partial charge is 0.339 e. The molecule has 6 heteroatoms. The topological polar surface area (TPSA) is 66.5 Å². The molecule has 1 aliphatic heterocycles. The first-order chi connectivity index (χ1) is 13.4. The van der Waals surface area contributed by atoms with E-state index in [1.807, 2.05) is 66.4 Å². The van der Waals surface area contributed by atoms with Crippen LogP contribution in [-0.2, 0) is 15.8 Å². The van der Waals surface area contributed by atoms with E-state index in [-0.39, 0.29) is 11.7 Å². The van der Waals surface area contributed by atoms with Crippen molar-refractivity contribution in [1.29, 1.82) is 0 Å². The quantitative estimate of drug-likeness (QED) is 0.775. The summed E-state index contributed by atoms with van der Waals surface area (Å²) in [5.74, 6) is 0.542. The molecule has 0 aliphatic carbocycles. The molecule has 150 valence electrons. The third-order valence-electron chi connectivity index (χ3n) is 5.27. The summed E-state index contributed by atoms with van der Waals surface area (Å²) in [6.07, 6.45) is 2.64. The number of likely N-dealkylation sites (tertiary alicyclic amines) is 1. The number of piperidine rings is 1. The van der Waals surface area contributed by atoms with Crippen molar-refractivity contribution in [2.45, 2.75) is 31.9 Å². The summed E-state index contributed by atoms with van der Waals surface area (Å²) in [6, 6.07) is 16.9. The van der Waals surface area contributed by atoms with E-state index in [1.165, 1.54) is 0 Å². The number of benzene rings is 2. The van der Waals surface area contributed by atoms with Crippen LogP contribution in [0.4, 0.5) is 0 Å². The maximum atomic E-state index is 12.6. The van der Waals surface area contributed by atoms with Gasteiger partial charge in [-0.15, -0.1) is 0 Å². The third-order valence-corrected chi connectivity index (χ3v) is 6.63. The molecule has 1 fully saturated rings. The fourth-order valence-electron chi connectivity index (χ4n) is 3.57. The highest BCUT2D eigenvalue weighted by Crippen LogP contribution is 2.22. The second-order valence-electron chi connectivity index (χ2n) is 7.53. The van der Waals surface area contributed by atoms with Crippen LogP contribution in [0.15, 0.2) is 54.6 Å². The van der Waals surface area contributed by atoms with Gasteiger partial charge < -0.3 is 4.90 Å². The highest BCUT2D eigenvalue weighted by atomic mass is 32.2. The average Bonchev–Trinajstić information content (AvgIpc) is 2.69. The highest BCUT2D eigenvalue weighted by molar-refractivity contribution is 7.88. The third kappa shape index (κ3) is 5.91. The van der Waals surface area contributed by atoms with Gasteiger partial charge in [0.1, 0.15) is 0 Å². The summed E-state index contributed by atoms with van der Waals surface area (Å²) in [5.41, 5.74) is 2.67. The van der Waals surface area contributed by atoms with E-state index in [4.69, 9.17) is 0 Å². The van der Waals surface area contributed by atoms with E-state index >= 15 is 0 Å². The Labute approximate surface area is 167 Å². The van der Waals surface area contributed by atoms with Gasteiger partial charge in [-0.25, -0.2) is 13.1 Å². The van der Waals surface area contributed by atoms with Gasteiger partial charge in [-0.1, -0.05) is 48.0 Å². The molecule has 1 amide bonds. The molecule has 5 nitrogen and oxygen atoms in total. The normalized spacial score (nSPS) is 15.5. The molecule has 1 heterocycles. The Balaban J connectivity index is 1.41. The Morgan fingerprint density at radius 2 is 1.68 bits per heavy atom. The molecule has 0 saturated carbocycles. The van der Waals surface area contributed by atoms with Crippen LogP contribution in [0.5, 0.6) is 0 Å². The molecule has 2 aromatic rings. The Bertz CT molecular complexity index is 872. The van der Waals surface area contributed by atoms with Gasteiger partial charge in [-0.05, 0) is 49.8 Å². The zero-order valence-electron chi connectivity index (χ0n) is 16.3. The fourth-order valence-corrected chi connectivity index (χ4v) is 4.73. The van der Waals surface area contributed by atoms with Crippen LogP contribution in [0.1, 0.15) is 40.7 Å². The Morgan fingerprint density at radius 1 is 1.04 bits per heavy atom. The van der Waals surface area contributed by atoms with E-state index < -0.39 is 10.0 Å². The minimum atomic E-state index is -3.31. The smallest absolute Gasteiger partial charge is 0.253 e. The van der Waals surface area contributed by atoms with E-state index in [0.717, 1.165) is 49.0 Å². The van der Waals surface area contributed by atoms with Gasteiger partial charge in [0.15, 0.2) is 0 Å². The van der Waals surface area contributed by atoms with Gasteiger partial charge in [-0.3, -0.25) is 4.79 Å². The van der Waals surface area contributed by atoms with Gasteiger partial charge in [0.25, 0.3) is 5.91 Å². The maximum Gasteiger partial charge on any atom is 0.253 e. The lowest BCUT2D eigenvalue weighted by Gasteiger charge is -2.32. The van der Waals surface area contributed by atoms with E-state index in [2.05, 4.69) is 4.72 Å². The molecule has 0 radical (unpaired) electrons. The minimum Gasteiger partial charge on any atom is -0.339 e. The van der Waals surface area contributed by atoms with Crippen molar-refractivity contribution in [3.8, 4) is 0 Å².